The molecule has 0 aromatic carbocycles. The lowest BCUT2D eigenvalue weighted by molar-refractivity contribution is -0.118. The lowest BCUT2D eigenvalue weighted by Crippen LogP contribution is -2.48. The van der Waals surface area contributed by atoms with Crippen molar-refractivity contribution in [2.75, 3.05) is 6.61 Å². The monoisotopic (exact) mass is 208 g/mol. The highest BCUT2D eigenvalue weighted by Crippen LogP contribution is 2.22. The molecule has 0 spiro atoms. The smallest absolute Gasteiger partial charge is 0.280 e. The van der Waals surface area contributed by atoms with E-state index in [9.17, 15) is 13.2 Å². The van der Waals surface area contributed by atoms with Gasteiger partial charge in [-0.3, -0.25) is 9.35 Å². The summed E-state index contributed by atoms with van der Waals surface area (Å²) in [6.07, 6.45) is 0.570. The fourth-order valence-corrected chi connectivity index (χ4v) is 1.81. The second-order valence-corrected chi connectivity index (χ2v) is 4.28. The zero-order chi connectivity index (χ0) is 10.7. The van der Waals surface area contributed by atoms with Crippen molar-refractivity contribution in [1.82, 2.24) is 0 Å². The van der Waals surface area contributed by atoms with Crippen LogP contribution in [0.15, 0.2) is 12.7 Å². The van der Waals surface area contributed by atoms with Gasteiger partial charge in [0.25, 0.3) is 10.1 Å². The molecule has 13 heavy (non-hydrogen) atoms. The third-order valence-electron chi connectivity index (χ3n) is 1.95. The van der Waals surface area contributed by atoms with Crippen LogP contribution in [-0.2, 0) is 14.9 Å². The van der Waals surface area contributed by atoms with Gasteiger partial charge in [0.05, 0.1) is 6.61 Å². The Kier molecular flexibility index (Phi) is 3.77. The lowest BCUT2D eigenvalue weighted by atomic mass is 10.0. The summed E-state index contributed by atoms with van der Waals surface area (Å²) in [7, 11) is -4.61. The van der Waals surface area contributed by atoms with Crippen LogP contribution in [-0.4, -0.2) is 35.2 Å². The minimum Gasteiger partial charge on any atom is -0.394 e. The average Bonchev–Trinajstić information content (AvgIpc) is 2.04. The predicted octanol–water partition coefficient (Wildman–Crippen LogP) is -0.230. The topological polar surface area (TPSA) is 91.7 Å². The number of aliphatic hydroxyl groups excluding tert-OH is 1. The summed E-state index contributed by atoms with van der Waals surface area (Å²) in [5.74, 6) is -0.903. The molecule has 0 saturated heterocycles. The van der Waals surface area contributed by atoms with Gasteiger partial charge in [-0.1, -0.05) is 13.5 Å². The zero-order valence-corrected chi connectivity index (χ0v) is 8.04. The Morgan fingerprint density at radius 3 is 2.15 bits per heavy atom. The Labute approximate surface area is 76.8 Å². The molecule has 0 aliphatic heterocycles. The molecular weight excluding hydrogens is 196 g/mol. The highest BCUT2D eigenvalue weighted by Gasteiger charge is 2.46. The largest absolute Gasteiger partial charge is 0.394 e. The molecule has 0 aromatic rings. The van der Waals surface area contributed by atoms with Crippen LogP contribution in [0.1, 0.15) is 13.3 Å². The Morgan fingerprint density at radius 2 is 2.08 bits per heavy atom. The van der Waals surface area contributed by atoms with Gasteiger partial charge in [0.2, 0.25) is 0 Å². The Morgan fingerprint density at radius 1 is 1.62 bits per heavy atom. The molecular formula is C7H12O5S. The average molecular weight is 208 g/mol. The lowest BCUT2D eigenvalue weighted by Gasteiger charge is -2.23. The molecule has 5 nitrogen and oxygen atoms in total. The molecule has 0 amide bonds. The van der Waals surface area contributed by atoms with E-state index in [-0.39, 0.29) is 6.42 Å². The zero-order valence-electron chi connectivity index (χ0n) is 7.23. The van der Waals surface area contributed by atoms with Crippen LogP contribution >= 0.6 is 0 Å². The van der Waals surface area contributed by atoms with Crippen molar-refractivity contribution in [3.05, 3.63) is 12.7 Å². The minimum absolute atomic E-state index is 0.201. The molecule has 1 unspecified atom stereocenters. The summed E-state index contributed by atoms with van der Waals surface area (Å²) < 4.78 is 28.3. The third-order valence-corrected chi connectivity index (χ3v) is 3.56. The van der Waals surface area contributed by atoms with Crippen LogP contribution in [0.25, 0.3) is 0 Å². The minimum atomic E-state index is -4.61. The van der Waals surface area contributed by atoms with Crippen molar-refractivity contribution in [1.29, 1.82) is 0 Å². The molecule has 0 rings (SSSR count). The maximum atomic E-state index is 11.1. The Hall–Kier alpha value is -0.720. The van der Waals surface area contributed by atoms with Gasteiger partial charge in [-0.15, -0.1) is 0 Å². The number of rotatable bonds is 5. The molecule has 0 fully saturated rings. The predicted molar refractivity (Wildman–Crippen MR) is 46.9 cm³/mol. The van der Waals surface area contributed by atoms with Crippen LogP contribution < -0.4 is 0 Å². The van der Waals surface area contributed by atoms with Gasteiger partial charge < -0.3 is 5.11 Å². The van der Waals surface area contributed by atoms with E-state index in [0.717, 1.165) is 6.08 Å². The summed E-state index contributed by atoms with van der Waals surface area (Å²) in [4.78, 5) is 11.1. The summed E-state index contributed by atoms with van der Waals surface area (Å²) in [5, 5.41) is 8.81. The molecule has 6 heteroatoms. The van der Waals surface area contributed by atoms with E-state index in [2.05, 4.69) is 6.58 Å². The fourth-order valence-electron chi connectivity index (χ4n) is 0.941. The standard InChI is InChI=1S/C7H12O5S/c1-3-6(9)7(4-2,5-8)13(10,11)12/h3,8H,1,4-5H2,2H3,(H,10,11,12). The van der Waals surface area contributed by atoms with Crippen LogP contribution in [0.5, 0.6) is 0 Å². The number of ketones is 1. The summed E-state index contributed by atoms with van der Waals surface area (Å²) in [6.45, 7) is 3.53. The number of hydrogen-bond donors (Lipinski definition) is 2. The van der Waals surface area contributed by atoms with Gasteiger partial charge >= 0.3 is 0 Å². The van der Waals surface area contributed by atoms with Gasteiger partial charge in [-0.25, -0.2) is 0 Å². The van der Waals surface area contributed by atoms with Gasteiger partial charge in [-0.2, -0.15) is 8.42 Å². The van der Waals surface area contributed by atoms with Crippen molar-refractivity contribution < 1.29 is 22.9 Å². The third kappa shape index (κ3) is 1.96. The SMILES string of the molecule is C=CC(=O)C(CC)(CO)S(=O)(=O)O. The first-order valence-electron chi connectivity index (χ1n) is 3.60. The van der Waals surface area contributed by atoms with E-state index in [0.29, 0.717) is 0 Å². The van der Waals surface area contributed by atoms with E-state index >= 15 is 0 Å². The summed E-state index contributed by atoms with van der Waals surface area (Å²) in [5.41, 5.74) is 0. The highest BCUT2D eigenvalue weighted by atomic mass is 32.2. The van der Waals surface area contributed by atoms with E-state index in [1.54, 1.807) is 0 Å². The van der Waals surface area contributed by atoms with E-state index in [4.69, 9.17) is 9.66 Å². The maximum Gasteiger partial charge on any atom is 0.280 e. The maximum absolute atomic E-state index is 11.1. The molecule has 0 aliphatic carbocycles. The van der Waals surface area contributed by atoms with Crippen LogP contribution in [0.2, 0.25) is 0 Å². The van der Waals surface area contributed by atoms with Crippen LogP contribution in [0.4, 0.5) is 0 Å². The highest BCUT2D eigenvalue weighted by molar-refractivity contribution is 7.88. The first-order chi connectivity index (χ1) is 5.85. The van der Waals surface area contributed by atoms with Gasteiger partial charge in [-0.05, 0) is 12.5 Å². The fraction of sp³-hybridized carbons (Fsp3) is 0.571. The Bertz CT molecular complexity index is 299. The molecule has 0 aliphatic rings. The van der Waals surface area contributed by atoms with Crippen molar-refractivity contribution in [2.45, 2.75) is 18.1 Å². The first kappa shape index (κ1) is 12.3. The quantitative estimate of drug-likeness (QED) is 0.481. The molecule has 2 N–H and O–H groups in total. The van der Waals surface area contributed by atoms with Crippen molar-refractivity contribution in [3.8, 4) is 0 Å². The number of carbonyl (C=O) groups is 1. The molecule has 0 aromatic heterocycles. The second kappa shape index (κ2) is 3.99. The molecule has 0 radical (unpaired) electrons. The van der Waals surface area contributed by atoms with Crippen LogP contribution in [0, 0.1) is 0 Å². The molecule has 1 atom stereocenters. The first-order valence-corrected chi connectivity index (χ1v) is 5.04. The van der Waals surface area contributed by atoms with E-state index in [1.807, 2.05) is 0 Å². The molecule has 0 bridgehead atoms. The molecule has 76 valence electrons. The molecule has 0 heterocycles. The summed E-state index contributed by atoms with van der Waals surface area (Å²) >= 11 is 0. The van der Waals surface area contributed by atoms with Crippen molar-refractivity contribution >= 4 is 15.9 Å². The van der Waals surface area contributed by atoms with Gasteiger partial charge in [0.1, 0.15) is 0 Å². The van der Waals surface area contributed by atoms with Gasteiger partial charge in [0, 0.05) is 0 Å². The number of carbonyl (C=O) groups excluding carboxylic acids is 1. The number of allylic oxidation sites excluding steroid dienone is 1. The van der Waals surface area contributed by atoms with E-state index < -0.39 is 27.3 Å². The van der Waals surface area contributed by atoms with E-state index in [1.165, 1.54) is 6.92 Å². The van der Waals surface area contributed by atoms with Crippen molar-refractivity contribution in [3.63, 3.8) is 0 Å². The van der Waals surface area contributed by atoms with Gasteiger partial charge in [0.15, 0.2) is 10.5 Å². The number of aliphatic hydroxyl groups is 1. The molecule has 0 saturated carbocycles. The Balaban J connectivity index is 5.42. The van der Waals surface area contributed by atoms with Crippen LogP contribution in [0.3, 0.4) is 0 Å². The van der Waals surface area contributed by atoms with Crippen molar-refractivity contribution in [2.24, 2.45) is 0 Å². The number of hydrogen-bond acceptors (Lipinski definition) is 4. The second-order valence-electron chi connectivity index (χ2n) is 2.55. The normalized spacial score (nSPS) is 16.2. The summed E-state index contributed by atoms with van der Waals surface area (Å²) in [6, 6.07) is 0.